The molecule has 4 aromatic rings. The summed E-state index contributed by atoms with van der Waals surface area (Å²) in [7, 11) is 0. The average Bonchev–Trinajstić information content (AvgIpc) is 2.88. The first-order valence-corrected chi connectivity index (χ1v) is 10.2. The zero-order valence-electron chi connectivity index (χ0n) is 16.1. The third kappa shape index (κ3) is 2.13. The molecular weight excluding hydrogens is 352 g/mol. The van der Waals surface area contributed by atoms with Crippen LogP contribution in [0.25, 0.3) is 0 Å². The number of carbonyl (C=O) groups excluding carboxylic acids is 1. The number of rotatable bonds is 0. The van der Waals surface area contributed by atoms with Gasteiger partial charge in [0, 0.05) is 5.56 Å². The van der Waals surface area contributed by atoms with Crippen LogP contribution in [0.5, 0.6) is 0 Å². The molecule has 0 N–H and O–H groups in total. The van der Waals surface area contributed by atoms with Crippen LogP contribution in [0.1, 0.15) is 49.3 Å². The van der Waals surface area contributed by atoms with Gasteiger partial charge in [-0.1, -0.05) is 97.1 Å². The second-order valence-corrected chi connectivity index (χ2v) is 8.06. The van der Waals surface area contributed by atoms with Gasteiger partial charge in [0.25, 0.3) is 0 Å². The fourth-order valence-electron chi connectivity index (χ4n) is 5.43. The van der Waals surface area contributed by atoms with E-state index in [1.807, 2.05) is 18.2 Å². The molecule has 1 spiro atoms. The Labute approximate surface area is 170 Å². The highest BCUT2D eigenvalue weighted by Crippen LogP contribution is 2.51. The molecule has 0 aliphatic heterocycles. The van der Waals surface area contributed by atoms with Gasteiger partial charge in [0.1, 0.15) is 5.41 Å². The van der Waals surface area contributed by atoms with E-state index < -0.39 is 5.41 Å². The Balaban J connectivity index is 1.83. The van der Waals surface area contributed by atoms with Crippen LogP contribution >= 0.6 is 0 Å². The molecule has 4 aromatic carbocycles. The van der Waals surface area contributed by atoms with Crippen LogP contribution in [0.15, 0.2) is 97.1 Å². The van der Waals surface area contributed by atoms with Crippen LogP contribution in [0.3, 0.4) is 0 Å². The summed E-state index contributed by atoms with van der Waals surface area (Å²) in [5.74, 6) is 0.192. The van der Waals surface area contributed by atoms with Crippen molar-refractivity contribution in [1.29, 1.82) is 0 Å². The molecule has 1 nitrogen and oxygen atoms in total. The second kappa shape index (κ2) is 6.02. The quantitative estimate of drug-likeness (QED) is 0.386. The average molecular weight is 372 g/mol. The highest BCUT2D eigenvalue weighted by atomic mass is 16.1. The van der Waals surface area contributed by atoms with E-state index >= 15 is 0 Å². The van der Waals surface area contributed by atoms with Crippen molar-refractivity contribution in [1.82, 2.24) is 0 Å². The first-order chi connectivity index (χ1) is 14.3. The maximum Gasteiger partial charge on any atom is 0.182 e. The normalized spacial score (nSPS) is 15.7. The molecule has 0 amide bonds. The van der Waals surface area contributed by atoms with Crippen molar-refractivity contribution in [2.45, 2.75) is 18.3 Å². The molecular formula is C28H20O. The molecule has 6 rings (SSSR count). The first kappa shape index (κ1) is 16.5. The SMILES string of the molecule is O=C1c2ccccc2Cc2ccccc2C12c1ccccc1Cc1ccccc12. The Hall–Kier alpha value is -3.45. The predicted molar refractivity (Wildman–Crippen MR) is 116 cm³/mol. The number of fused-ring (bicyclic) bond motifs is 7. The summed E-state index contributed by atoms with van der Waals surface area (Å²) in [6.45, 7) is 0. The number of hydrogen-bond acceptors (Lipinski definition) is 1. The van der Waals surface area contributed by atoms with Crippen LogP contribution in [-0.4, -0.2) is 5.78 Å². The highest BCUT2D eigenvalue weighted by molar-refractivity contribution is 6.11. The van der Waals surface area contributed by atoms with E-state index in [2.05, 4.69) is 78.9 Å². The van der Waals surface area contributed by atoms with Crippen molar-refractivity contribution >= 4 is 5.78 Å². The minimum atomic E-state index is -0.797. The number of Topliss-reactive ketones (excluding diaryl/α,β-unsaturated/α-hetero) is 1. The monoisotopic (exact) mass is 372 g/mol. The van der Waals surface area contributed by atoms with Gasteiger partial charge in [-0.15, -0.1) is 0 Å². The summed E-state index contributed by atoms with van der Waals surface area (Å²) in [6.07, 6.45) is 1.65. The van der Waals surface area contributed by atoms with E-state index in [1.54, 1.807) is 0 Å². The van der Waals surface area contributed by atoms with Crippen molar-refractivity contribution in [2.75, 3.05) is 0 Å². The van der Waals surface area contributed by atoms with Crippen molar-refractivity contribution in [3.8, 4) is 0 Å². The van der Waals surface area contributed by atoms with Crippen LogP contribution in [-0.2, 0) is 18.3 Å². The Morgan fingerprint density at radius 1 is 0.483 bits per heavy atom. The zero-order valence-corrected chi connectivity index (χ0v) is 16.1. The van der Waals surface area contributed by atoms with Crippen LogP contribution in [0.2, 0.25) is 0 Å². The predicted octanol–water partition coefficient (Wildman–Crippen LogP) is 5.71. The summed E-state index contributed by atoms with van der Waals surface area (Å²) in [5.41, 5.74) is 8.27. The van der Waals surface area contributed by atoms with E-state index in [0.29, 0.717) is 0 Å². The van der Waals surface area contributed by atoms with Crippen LogP contribution < -0.4 is 0 Å². The molecule has 2 aliphatic carbocycles. The lowest BCUT2D eigenvalue weighted by atomic mass is 9.59. The number of hydrogen-bond donors (Lipinski definition) is 0. The van der Waals surface area contributed by atoms with Crippen LogP contribution in [0, 0.1) is 0 Å². The van der Waals surface area contributed by atoms with Gasteiger partial charge in [0.15, 0.2) is 5.78 Å². The van der Waals surface area contributed by atoms with E-state index in [-0.39, 0.29) is 5.78 Å². The number of carbonyl (C=O) groups is 1. The molecule has 138 valence electrons. The van der Waals surface area contributed by atoms with Crippen LogP contribution in [0.4, 0.5) is 0 Å². The third-order valence-corrected chi connectivity index (χ3v) is 6.63. The largest absolute Gasteiger partial charge is 0.292 e. The molecule has 0 saturated carbocycles. The smallest absolute Gasteiger partial charge is 0.182 e. The van der Waals surface area contributed by atoms with Crippen molar-refractivity contribution < 1.29 is 4.79 Å². The van der Waals surface area contributed by atoms with E-state index in [9.17, 15) is 4.79 Å². The Morgan fingerprint density at radius 3 is 1.38 bits per heavy atom. The Morgan fingerprint density at radius 2 is 0.862 bits per heavy atom. The molecule has 0 unspecified atom stereocenters. The second-order valence-electron chi connectivity index (χ2n) is 8.06. The van der Waals surface area contributed by atoms with Gasteiger partial charge in [-0.05, 0) is 51.8 Å². The molecule has 29 heavy (non-hydrogen) atoms. The van der Waals surface area contributed by atoms with Gasteiger partial charge >= 0.3 is 0 Å². The Bertz CT molecular complexity index is 1240. The number of benzene rings is 4. The molecule has 2 aliphatic rings. The fourth-order valence-corrected chi connectivity index (χ4v) is 5.43. The lowest BCUT2D eigenvalue weighted by Gasteiger charge is -2.40. The molecule has 0 saturated heterocycles. The van der Waals surface area contributed by atoms with Gasteiger partial charge in [0.05, 0.1) is 0 Å². The minimum absolute atomic E-state index is 0.192. The van der Waals surface area contributed by atoms with Gasteiger partial charge in [0.2, 0.25) is 0 Å². The van der Waals surface area contributed by atoms with E-state index in [1.165, 1.54) is 16.7 Å². The standard InChI is InChI=1S/C28H20O/c29-27-23-13-5-1-9-19(23)17-20-10-2-6-14-24(20)28(27)25-15-7-3-11-21(25)18-22-12-4-8-16-26(22)28/h1-16H,17-18H2. The molecule has 0 bridgehead atoms. The van der Waals surface area contributed by atoms with Gasteiger partial charge in [-0.25, -0.2) is 0 Å². The molecule has 0 fully saturated rings. The summed E-state index contributed by atoms with van der Waals surface area (Å²) >= 11 is 0. The topological polar surface area (TPSA) is 17.1 Å². The highest BCUT2D eigenvalue weighted by Gasteiger charge is 2.50. The molecule has 0 aromatic heterocycles. The molecule has 1 heteroatoms. The van der Waals surface area contributed by atoms with Crippen molar-refractivity contribution in [3.05, 3.63) is 142 Å². The maximum atomic E-state index is 14.5. The summed E-state index contributed by atoms with van der Waals surface area (Å²) in [6, 6.07) is 33.6. The van der Waals surface area contributed by atoms with Crippen molar-refractivity contribution in [2.24, 2.45) is 0 Å². The van der Waals surface area contributed by atoms with E-state index in [4.69, 9.17) is 0 Å². The molecule has 0 heterocycles. The maximum absolute atomic E-state index is 14.5. The summed E-state index contributed by atoms with van der Waals surface area (Å²) in [5, 5.41) is 0. The summed E-state index contributed by atoms with van der Waals surface area (Å²) < 4.78 is 0. The number of ketones is 1. The van der Waals surface area contributed by atoms with E-state index in [0.717, 1.165) is 40.7 Å². The third-order valence-electron chi connectivity index (χ3n) is 6.63. The van der Waals surface area contributed by atoms with Gasteiger partial charge in [-0.2, -0.15) is 0 Å². The summed E-state index contributed by atoms with van der Waals surface area (Å²) in [4.78, 5) is 14.5. The molecule has 0 radical (unpaired) electrons. The lowest BCUT2D eigenvalue weighted by Crippen LogP contribution is -2.42. The fraction of sp³-hybridized carbons (Fsp3) is 0.107. The van der Waals surface area contributed by atoms with Gasteiger partial charge in [-0.3, -0.25) is 4.79 Å². The first-order valence-electron chi connectivity index (χ1n) is 10.2. The molecule has 0 atom stereocenters. The van der Waals surface area contributed by atoms with Gasteiger partial charge < -0.3 is 0 Å². The lowest BCUT2D eigenvalue weighted by molar-refractivity contribution is 0.0933. The zero-order chi connectivity index (χ0) is 19.4. The Kier molecular flexibility index (Phi) is 3.43. The van der Waals surface area contributed by atoms with Crippen molar-refractivity contribution in [3.63, 3.8) is 0 Å². The minimum Gasteiger partial charge on any atom is -0.292 e.